The van der Waals surface area contributed by atoms with Crippen molar-refractivity contribution in [3.63, 3.8) is 0 Å². The Morgan fingerprint density at radius 1 is 0.214 bits per heavy atom. The van der Waals surface area contributed by atoms with Crippen LogP contribution < -0.4 is 0 Å². The van der Waals surface area contributed by atoms with Crippen molar-refractivity contribution in [1.82, 2.24) is 9.80 Å². The number of hydrogen-bond acceptors (Lipinski definition) is 2. The molecule has 0 aromatic heterocycles. The number of piperazine rings is 1. The molecule has 0 atom stereocenters. The first-order valence-electron chi connectivity index (χ1n) is 28.2. The predicted molar refractivity (Wildman–Crippen MR) is 338 cm³/mol. The van der Waals surface area contributed by atoms with Crippen molar-refractivity contribution >= 4 is 0 Å². The summed E-state index contributed by atoms with van der Waals surface area (Å²) in [5, 5.41) is 0. The fourth-order valence-electron chi connectivity index (χ4n) is 3.16. The van der Waals surface area contributed by atoms with Gasteiger partial charge in [-0.3, -0.25) is 0 Å². The molecule has 0 aliphatic carbocycles. The third-order valence-corrected chi connectivity index (χ3v) is 5.70. The van der Waals surface area contributed by atoms with Crippen LogP contribution in [0.5, 0.6) is 0 Å². The highest BCUT2D eigenvalue weighted by Crippen LogP contribution is 1.93. The van der Waals surface area contributed by atoms with E-state index in [4.69, 9.17) is 0 Å². The van der Waals surface area contributed by atoms with E-state index in [0.29, 0.717) is 0 Å². The second-order valence-corrected chi connectivity index (χ2v) is 13.9. The molecular weight excluding hydrogens is 845 g/mol. The number of benzene rings is 5. The monoisotopic (exact) mass is 973 g/mol. The average Bonchev–Trinajstić information content (AvgIpc) is 3.44. The van der Waals surface area contributed by atoms with Gasteiger partial charge in [0.15, 0.2) is 0 Å². The van der Waals surface area contributed by atoms with Crippen LogP contribution in [0.25, 0.3) is 0 Å². The lowest BCUT2D eigenvalue weighted by Crippen LogP contribution is -2.42. The zero-order chi connectivity index (χ0) is 56.3. The SMILES string of the molecule is CC.CC.CC.CC.CCC.CCC.CCC.CCC.CCC.CCC.CCC=CCC.CN1CCN(C)CC1.c1ccccc1.c1ccccc1.c1ccccc1.c1ccccc1.c1ccccc1. The van der Waals surface area contributed by atoms with Crippen LogP contribution in [0.15, 0.2) is 194 Å². The van der Waals surface area contributed by atoms with Crippen molar-refractivity contribution in [3.8, 4) is 0 Å². The van der Waals surface area contributed by atoms with Crippen LogP contribution in [0.4, 0.5) is 0 Å². The summed E-state index contributed by atoms with van der Waals surface area (Å²) in [4.78, 5) is 4.72. The number of likely N-dealkylation sites (N-methyl/N-ethyl adjacent to an activating group) is 2. The zero-order valence-electron chi connectivity index (χ0n) is 51.9. The van der Waals surface area contributed by atoms with Crippen molar-refractivity contribution in [1.29, 1.82) is 0 Å². The molecule has 70 heavy (non-hydrogen) atoms. The summed E-state index contributed by atoms with van der Waals surface area (Å²) in [5.41, 5.74) is 0. The molecule has 5 aromatic carbocycles. The van der Waals surface area contributed by atoms with E-state index < -0.39 is 0 Å². The maximum absolute atomic E-state index is 2.36. The van der Waals surface area contributed by atoms with E-state index in [1.54, 1.807) is 0 Å². The summed E-state index contributed by atoms with van der Waals surface area (Å²) in [6.07, 6.45) is 14.2. The van der Waals surface area contributed by atoms with Crippen molar-refractivity contribution in [2.45, 2.75) is 204 Å². The lowest BCUT2D eigenvalue weighted by atomic mass is 10.4. The molecule has 410 valence electrons. The number of rotatable bonds is 2. The molecule has 0 unspecified atom stereocenters. The quantitative estimate of drug-likeness (QED) is 0.163. The minimum atomic E-state index is 1.17. The first-order valence-corrected chi connectivity index (χ1v) is 28.2. The fourth-order valence-corrected chi connectivity index (χ4v) is 3.16. The summed E-state index contributed by atoms with van der Waals surface area (Å²) in [7, 11) is 4.35. The molecule has 1 saturated heterocycles. The smallest absolute Gasteiger partial charge is 0.0107 e. The van der Waals surface area contributed by atoms with Gasteiger partial charge in [0.25, 0.3) is 0 Å². The fraction of sp³-hybridized carbons (Fsp3) is 0.529. The maximum Gasteiger partial charge on any atom is 0.0107 e. The second kappa shape index (κ2) is 126. The maximum atomic E-state index is 2.36. The first kappa shape index (κ1) is 92.0. The third-order valence-electron chi connectivity index (χ3n) is 5.70. The minimum Gasteiger partial charge on any atom is -0.304 e. The summed E-state index contributed by atoms with van der Waals surface area (Å²) >= 11 is 0. The largest absolute Gasteiger partial charge is 0.304 e. The van der Waals surface area contributed by atoms with Crippen LogP contribution in [0.2, 0.25) is 0 Å². The Balaban J connectivity index is -0.0000000599. The molecule has 0 saturated carbocycles. The molecule has 6 rings (SSSR count). The Kier molecular flexibility index (Phi) is 165. The second-order valence-electron chi connectivity index (χ2n) is 13.9. The van der Waals surface area contributed by atoms with Crippen molar-refractivity contribution in [2.24, 2.45) is 0 Å². The Morgan fingerprint density at radius 2 is 0.286 bits per heavy atom. The van der Waals surface area contributed by atoms with Crippen LogP contribution in [-0.2, 0) is 0 Å². The van der Waals surface area contributed by atoms with Crippen LogP contribution in [0.3, 0.4) is 0 Å². The summed E-state index contributed by atoms with van der Waals surface area (Å²) in [6, 6.07) is 60.0. The predicted octanol–water partition coefficient (Wildman–Crippen LogP) is 23.3. The molecular formula is C68H128N2. The van der Waals surface area contributed by atoms with Gasteiger partial charge in [0.05, 0.1) is 0 Å². The van der Waals surface area contributed by atoms with E-state index in [1.165, 1.54) is 77.5 Å². The van der Waals surface area contributed by atoms with Gasteiger partial charge in [-0.15, -0.1) is 0 Å². The Labute approximate surface area is 445 Å². The van der Waals surface area contributed by atoms with Gasteiger partial charge < -0.3 is 9.80 Å². The Hall–Kier alpha value is -4.24. The van der Waals surface area contributed by atoms with Gasteiger partial charge in [0.1, 0.15) is 0 Å². The molecule has 1 fully saturated rings. The van der Waals surface area contributed by atoms with E-state index >= 15 is 0 Å². The van der Waals surface area contributed by atoms with Crippen molar-refractivity contribution < 1.29 is 0 Å². The lowest BCUT2D eigenvalue weighted by Gasteiger charge is -2.28. The van der Waals surface area contributed by atoms with E-state index in [-0.39, 0.29) is 0 Å². The molecule has 1 aliphatic heterocycles. The average molecular weight is 974 g/mol. The van der Waals surface area contributed by atoms with Gasteiger partial charge in [0, 0.05) is 26.2 Å². The van der Waals surface area contributed by atoms with E-state index in [2.05, 4.69) is 133 Å². The molecule has 2 nitrogen and oxygen atoms in total. The third kappa shape index (κ3) is 167. The van der Waals surface area contributed by atoms with Crippen molar-refractivity contribution in [2.75, 3.05) is 40.3 Å². The molecule has 1 heterocycles. The molecule has 1 aliphatic rings. The first-order chi connectivity index (χ1) is 34.2. The normalized spacial score (nSPS) is 9.20. The van der Waals surface area contributed by atoms with Crippen molar-refractivity contribution in [3.05, 3.63) is 194 Å². The van der Waals surface area contributed by atoms with E-state index in [0.717, 1.165) is 0 Å². The van der Waals surface area contributed by atoms with Gasteiger partial charge in [-0.2, -0.15) is 0 Å². The molecule has 5 aromatic rings. The number of allylic oxidation sites excluding steroid dienone is 2. The topological polar surface area (TPSA) is 6.48 Å². The van der Waals surface area contributed by atoms with Gasteiger partial charge in [0.2, 0.25) is 0 Å². The highest BCUT2D eigenvalue weighted by Gasteiger charge is 2.07. The summed E-state index contributed by atoms with van der Waals surface area (Å²) in [6.45, 7) is 50.7. The van der Waals surface area contributed by atoms with Gasteiger partial charge in [-0.05, 0) is 26.9 Å². The molecule has 0 radical (unpaired) electrons. The molecule has 0 spiro atoms. The lowest BCUT2D eigenvalue weighted by molar-refractivity contribution is 0.181. The van der Waals surface area contributed by atoms with Gasteiger partial charge in [-0.25, -0.2) is 0 Å². The molecule has 0 N–H and O–H groups in total. The molecule has 0 bridgehead atoms. The summed E-state index contributed by atoms with van der Waals surface area (Å²) < 4.78 is 0. The summed E-state index contributed by atoms with van der Waals surface area (Å²) in [5.74, 6) is 0. The zero-order valence-corrected chi connectivity index (χ0v) is 51.9. The highest BCUT2D eigenvalue weighted by molar-refractivity contribution is 5.01. The van der Waals surface area contributed by atoms with E-state index in [9.17, 15) is 0 Å². The Morgan fingerprint density at radius 3 is 0.343 bits per heavy atom. The molecule has 0 amide bonds. The van der Waals surface area contributed by atoms with Gasteiger partial charge >= 0.3 is 0 Å². The Bertz CT molecular complexity index is 877. The minimum absolute atomic E-state index is 1.17. The van der Waals surface area contributed by atoms with E-state index in [1.807, 2.05) is 237 Å². The van der Waals surface area contributed by atoms with Crippen LogP contribution in [0.1, 0.15) is 204 Å². The standard InChI is InChI=1S/C6H14N2.5C6H6.C6H12.6C3H8.4C2H6/c1-7-3-5-8(2)6-4-7;5*1-2-4-6-5-3-1;1-3-5-6-4-2;6*1-3-2;4*1-2/h3-6H2,1-2H3;5*1-6H;5-6H,3-4H2,1-2H3;6*3H2,1-2H3;4*1-2H3. The van der Waals surface area contributed by atoms with Crippen LogP contribution in [0, 0.1) is 0 Å². The number of nitrogens with zero attached hydrogens (tertiary/aromatic N) is 2. The van der Waals surface area contributed by atoms with Crippen LogP contribution in [-0.4, -0.2) is 50.1 Å². The number of hydrogen-bond donors (Lipinski definition) is 0. The molecule has 2 heteroatoms. The van der Waals surface area contributed by atoms with Gasteiger partial charge in [-0.1, -0.05) is 385 Å². The van der Waals surface area contributed by atoms with Crippen LogP contribution >= 0.6 is 0 Å². The highest BCUT2D eigenvalue weighted by atomic mass is 15.2.